The van der Waals surface area contributed by atoms with Crippen molar-refractivity contribution in [2.75, 3.05) is 31.5 Å². The summed E-state index contributed by atoms with van der Waals surface area (Å²) in [6.07, 6.45) is 0. The van der Waals surface area contributed by atoms with Gasteiger partial charge in [-0.25, -0.2) is 0 Å². The first-order chi connectivity index (χ1) is 9.17. The molecule has 0 bridgehead atoms. The van der Waals surface area contributed by atoms with E-state index < -0.39 is 0 Å². The molecule has 1 fully saturated rings. The average Bonchev–Trinajstić information content (AvgIpc) is 2.39. The number of nitrogens with one attached hydrogen (secondary N) is 2. The van der Waals surface area contributed by atoms with Gasteiger partial charge in [0.1, 0.15) is 0 Å². The molecule has 5 heteroatoms. The molecule has 2 rings (SSSR count). The molecule has 0 spiro atoms. The SMILES string of the molecule is C[C@@H]1CN(CC(=O)Nc2ccc(C#N)cc2)CCN1. The van der Waals surface area contributed by atoms with Gasteiger partial charge in [0.2, 0.25) is 5.91 Å². The van der Waals surface area contributed by atoms with Crippen LogP contribution in [0.2, 0.25) is 0 Å². The Morgan fingerprint density at radius 1 is 1.53 bits per heavy atom. The van der Waals surface area contributed by atoms with Crippen molar-refractivity contribution >= 4 is 11.6 Å². The summed E-state index contributed by atoms with van der Waals surface area (Å²) in [4.78, 5) is 14.0. The molecule has 5 nitrogen and oxygen atoms in total. The van der Waals surface area contributed by atoms with Gasteiger partial charge in [0.15, 0.2) is 0 Å². The molecule has 100 valence electrons. The molecule has 1 heterocycles. The van der Waals surface area contributed by atoms with E-state index in [2.05, 4.69) is 28.5 Å². The Kier molecular flexibility index (Phi) is 4.50. The van der Waals surface area contributed by atoms with E-state index >= 15 is 0 Å². The second-order valence-corrected chi connectivity index (χ2v) is 4.83. The zero-order valence-electron chi connectivity index (χ0n) is 11.0. The molecule has 1 atom stereocenters. The molecule has 0 unspecified atom stereocenters. The quantitative estimate of drug-likeness (QED) is 0.841. The van der Waals surface area contributed by atoms with E-state index in [1.807, 2.05) is 0 Å². The highest BCUT2D eigenvalue weighted by molar-refractivity contribution is 5.92. The Morgan fingerprint density at radius 2 is 2.26 bits per heavy atom. The summed E-state index contributed by atoms with van der Waals surface area (Å²) in [6.45, 7) is 5.23. The molecule has 1 amide bonds. The Labute approximate surface area is 113 Å². The second kappa shape index (κ2) is 6.32. The van der Waals surface area contributed by atoms with Crippen molar-refractivity contribution in [3.05, 3.63) is 29.8 Å². The van der Waals surface area contributed by atoms with Gasteiger partial charge in [-0.1, -0.05) is 0 Å². The maximum Gasteiger partial charge on any atom is 0.238 e. The Balaban J connectivity index is 1.85. The lowest BCUT2D eigenvalue weighted by Gasteiger charge is -2.31. The van der Waals surface area contributed by atoms with Crippen molar-refractivity contribution in [1.29, 1.82) is 5.26 Å². The van der Waals surface area contributed by atoms with Gasteiger partial charge in [0, 0.05) is 31.4 Å². The van der Waals surface area contributed by atoms with Gasteiger partial charge in [-0.15, -0.1) is 0 Å². The van der Waals surface area contributed by atoms with Crippen molar-refractivity contribution in [2.24, 2.45) is 0 Å². The number of hydrogen-bond donors (Lipinski definition) is 2. The van der Waals surface area contributed by atoms with E-state index in [1.165, 1.54) is 0 Å². The summed E-state index contributed by atoms with van der Waals surface area (Å²) in [5.41, 5.74) is 1.32. The summed E-state index contributed by atoms with van der Waals surface area (Å²) in [6, 6.07) is 9.37. The predicted molar refractivity (Wildman–Crippen MR) is 73.7 cm³/mol. The lowest BCUT2D eigenvalue weighted by atomic mass is 10.2. The largest absolute Gasteiger partial charge is 0.325 e. The van der Waals surface area contributed by atoms with Crippen molar-refractivity contribution in [3.8, 4) is 6.07 Å². The fraction of sp³-hybridized carbons (Fsp3) is 0.429. The number of piperazine rings is 1. The van der Waals surface area contributed by atoms with Crippen LogP contribution in [0.25, 0.3) is 0 Å². The average molecular weight is 258 g/mol. The topological polar surface area (TPSA) is 68.2 Å². The first kappa shape index (κ1) is 13.5. The molecule has 0 aromatic heterocycles. The normalized spacial score (nSPS) is 19.7. The highest BCUT2D eigenvalue weighted by Gasteiger charge is 2.17. The summed E-state index contributed by atoms with van der Waals surface area (Å²) < 4.78 is 0. The van der Waals surface area contributed by atoms with Gasteiger partial charge in [-0.2, -0.15) is 5.26 Å². The highest BCUT2D eigenvalue weighted by atomic mass is 16.2. The fourth-order valence-corrected chi connectivity index (χ4v) is 2.19. The van der Waals surface area contributed by atoms with Gasteiger partial charge in [-0.3, -0.25) is 9.69 Å². The first-order valence-corrected chi connectivity index (χ1v) is 6.43. The summed E-state index contributed by atoms with van der Waals surface area (Å²) in [5, 5.41) is 14.9. The Hall–Kier alpha value is -1.90. The van der Waals surface area contributed by atoms with Crippen LogP contribution in [0.1, 0.15) is 12.5 Å². The number of carbonyl (C=O) groups excluding carboxylic acids is 1. The zero-order chi connectivity index (χ0) is 13.7. The zero-order valence-corrected chi connectivity index (χ0v) is 11.0. The summed E-state index contributed by atoms with van der Waals surface area (Å²) in [7, 11) is 0. The van der Waals surface area contributed by atoms with Crippen LogP contribution >= 0.6 is 0 Å². The fourth-order valence-electron chi connectivity index (χ4n) is 2.19. The molecule has 2 N–H and O–H groups in total. The van der Waals surface area contributed by atoms with Gasteiger partial charge < -0.3 is 10.6 Å². The summed E-state index contributed by atoms with van der Waals surface area (Å²) >= 11 is 0. The molecule has 1 saturated heterocycles. The van der Waals surface area contributed by atoms with Crippen LogP contribution < -0.4 is 10.6 Å². The van der Waals surface area contributed by atoms with Gasteiger partial charge in [0.05, 0.1) is 18.2 Å². The first-order valence-electron chi connectivity index (χ1n) is 6.43. The van der Waals surface area contributed by atoms with Crippen LogP contribution in [-0.2, 0) is 4.79 Å². The standard InChI is InChI=1S/C14H18N4O/c1-11-9-18(7-6-16-11)10-14(19)17-13-4-2-12(8-15)3-5-13/h2-5,11,16H,6-7,9-10H2,1H3,(H,17,19)/t11-/m1/s1. The van der Waals surface area contributed by atoms with E-state index in [4.69, 9.17) is 5.26 Å². The minimum absolute atomic E-state index is 0.0150. The number of hydrogen-bond acceptors (Lipinski definition) is 4. The number of amides is 1. The van der Waals surface area contributed by atoms with E-state index in [9.17, 15) is 4.79 Å². The van der Waals surface area contributed by atoms with Crippen LogP contribution in [0.4, 0.5) is 5.69 Å². The van der Waals surface area contributed by atoms with Crippen LogP contribution in [0, 0.1) is 11.3 Å². The second-order valence-electron chi connectivity index (χ2n) is 4.83. The number of nitriles is 1. The van der Waals surface area contributed by atoms with E-state index in [1.54, 1.807) is 24.3 Å². The number of benzene rings is 1. The van der Waals surface area contributed by atoms with Crippen molar-refractivity contribution < 1.29 is 4.79 Å². The number of anilines is 1. The Morgan fingerprint density at radius 3 is 2.89 bits per heavy atom. The molecule has 1 aromatic rings. The van der Waals surface area contributed by atoms with Gasteiger partial charge >= 0.3 is 0 Å². The van der Waals surface area contributed by atoms with Crippen LogP contribution in [0.5, 0.6) is 0 Å². The maximum atomic E-state index is 11.9. The Bertz CT molecular complexity index is 477. The van der Waals surface area contributed by atoms with Crippen LogP contribution in [-0.4, -0.2) is 43.0 Å². The molecule has 1 aromatic carbocycles. The smallest absolute Gasteiger partial charge is 0.238 e. The monoisotopic (exact) mass is 258 g/mol. The van der Waals surface area contributed by atoms with Gasteiger partial charge in [-0.05, 0) is 31.2 Å². The van der Waals surface area contributed by atoms with Gasteiger partial charge in [0.25, 0.3) is 0 Å². The molecule has 0 aliphatic carbocycles. The van der Waals surface area contributed by atoms with Crippen LogP contribution in [0.3, 0.4) is 0 Å². The third-order valence-corrected chi connectivity index (χ3v) is 3.12. The molecule has 0 saturated carbocycles. The molecule has 1 aliphatic rings. The lowest BCUT2D eigenvalue weighted by Crippen LogP contribution is -2.51. The van der Waals surface area contributed by atoms with E-state index in [0.29, 0.717) is 18.2 Å². The molecule has 19 heavy (non-hydrogen) atoms. The highest BCUT2D eigenvalue weighted by Crippen LogP contribution is 2.09. The maximum absolute atomic E-state index is 11.9. The third-order valence-electron chi connectivity index (χ3n) is 3.12. The van der Waals surface area contributed by atoms with Crippen molar-refractivity contribution in [3.63, 3.8) is 0 Å². The number of nitrogens with zero attached hydrogens (tertiary/aromatic N) is 2. The third kappa shape index (κ3) is 4.05. The number of rotatable bonds is 3. The van der Waals surface area contributed by atoms with Crippen molar-refractivity contribution in [2.45, 2.75) is 13.0 Å². The summed E-state index contributed by atoms with van der Waals surface area (Å²) in [5.74, 6) is -0.0150. The minimum atomic E-state index is -0.0150. The lowest BCUT2D eigenvalue weighted by molar-refractivity contribution is -0.117. The molecule has 0 radical (unpaired) electrons. The molecular formula is C14H18N4O. The molecular weight excluding hydrogens is 240 g/mol. The van der Waals surface area contributed by atoms with E-state index in [-0.39, 0.29) is 5.91 Å². The number of carbonyl (C=O) groups is 1. The molecule has 1 aliphatic heterocycles. The van der Waals surface area contributed by atoms with Crippen molar-refractivity contribution in [1.82, 2.24) is 10.2 Å². The van der Waals surface area contributed by atoms with Crippen LogP contribution in [0.15, 0.2) is 24.3 Å². The van der Waals surface area contributed by atoms with E-state index in [0.717, 1.165) is 25.3 Å². The predicted octanol–water partition coefficient (Wildman–Crippen LogP) is 0.790. The minimum Gasteiger partial charge on any atom is -0.325 e.